The number of fused-ring (bicyclic) bond motifs is 1. The first-order valence-electron chi connectivity index (χ1n) is 6.19. The maximum atomic E-state index is 8.92. The van der Waals surface area contributed by atoms with Crippen molar-refractivity contribution in [3.63, 3.8) is 0 Å². The Bertz CT molecular complexity index is 587. The SMILES string of the molecule is OCCc1nccc(-c2ccc3c(c2)OCCO3)n1. The Morgan fingerprint density at radius 2 is 1.95 bits per heavy atom. The lowest BCUT2D eigenvalue weighted by Crippen LogP contribution is -2.15. The third-order valence-electron chi connectivity index (χ3n) is 2.88. The number of benzene rings is 1. The molecule has 1 aromatic heterocycles. The van der Waals surface area contributed by atoms with E-state index in [0.29, 0.717) is 25.5 Å². The van der Waals surface area contributed by atoms with E-state index in [1.807, 2.05) is 24.3 Å². The molecule has 0 saturated carbocycles. The van der Waals surface area contributed by atoms with E-state index in [1.165, 1.54) is 0 Å². The lowest BCUT2D eigenvalue weighted by Gasteiger charge is -2.18. The van der Waals surface area contributed by atoms with Crippen LogP contribution in [0.2, 0.25) is 0 Å². The first kappa shape index (κ1) is 11.9. The van der Waals surface area contributed by atoms with Crippen LogP contribution in [0, 0.1) is 0 Å². The van der Waals surface area contributed by atoms with Crippen molar-refractivity contribution < 1.29 is 14.6 Å². The van der Waals surface area contributed by atoms with E-state index < -0.39 is 0 Å². The number of hydrogen-bond donors (Lipinski definition) is 1. The Morgan fingerprint density at radius 1 is 1.11 bits per heavy atom. The van der Waals surface area contributed by atoms with Crippen molar-refractivity contribution in [2.24, 2.45) is 0 Å². The lowest BCUT2D eigenvalue weighted by atomic mass is 10.1. The van der Waals surface area contributed by atoms with Crippen molar-refractivity contribution in [2.45, 2.75) is 6.42 Å². The van der Waals surface area contributed by atoms with Crippen LogP contribution < -0.4 is 9.47 Å². The van der Waals surface area contributed by atoms with Crippen LogP contribution in [0.15, 0.2) is 30.5 Å². The van der Waals surface area contributed by atoms with Gasteiger partial charge in [-0.3, -0.25) is 0 Å². The summed E-state index contributed by atoms with van der Waals surface area (Å²) in [7, 11) is 0. The van der Waals surface area contributed by atoms with Gasteiger partial charge in [0, 0.05) is 18.2 Å². The summed E-state index contributed by atoms with van der Waals surface area (Å²) in [6.07, 6.45) is 2.16. The fraction of sp³-hybridized carbons (Fsp3) is 0.286. The maximum absolute atomic E-state index is 8.92. The van der Waals surface area contributed by atoms with Gasteiger partial charge in [-0.15, -0.1) is 0 Å². The largest absolute Gasteiger partial charge is 0.486 e. The summed E-state index contributed by atoms with van der Waals surface area (Å²) >= 11 is 0. The van der Waals surface area contributed by atoms with Gasteiger partial charge >= 0.3 is 0 Å². The molecule has 98 valence electrons. The second kappa shape index (κ2) is 5.24. The van der Waals surface area contributed by atoms with Gasteiger partial charge in [-0.25, -0.2) is 9.97 Å². The van der Waals surface area contributed by atoms with Crippen molar-refractivity contribution in [1.29, 1.82) is 0 Å². The highest BCUT2D eigenvalue weighted by molar-refractivity contribution is 5.63. The molecule has 0 amide bonds. The van der Waals surface area contributed by atoms with Crippen molar-refractivity contribution in [3.8, 4) is 22.8 Å². The number of ether oxygens (including phenoxy) is 2. The summed E-state index contributed by atoms with van der Waals surface area (Å²) in [5, 5.41) is 8.92. The van der Waals surface area contributed by atoms with Crippen LogP contribution in [0.25, 0.3) is 11.3 Å². The second-order valence-corrected chi connectivity index (χ2v) is 4.19. The van der Waals surface area contributed by atoms with E-state index in [1.54, 1.807) is 6.20 Å². The summed E-state index contributed by atoms with van der Waals surface area (Å²) in [6.45, 7) is 1.20. The Kier molecular flexibility index (Phi) is 3.29. The number of rotatable bonds is 3. The summed E-state index contributed by atoms with van der Waals surface area (Å²) in [6, 6.07) is 7.59. The lowest BCUT2D eigenvalue weighted by molar-refractivity contribution is 0.171. The Morgan fingerprint density at radius 3 is 2.79 bits per heavy atom. The maximum Gasteiger partial charge on any atom is 0.162 e. The topological polar surface area (TPSA) is 64.5 Å². The average molecular weight is 258 g/mol. The van der Waals surface area contributed by atoms with E-state index in [9.17, 15) is 0 Å². The monoisotopic (exact) mass is 258 g/mol. The second-order valence-electron chi connectivity index (χ2n) is 4.19. The van der Waals surface area contributed by atoms with Gasteiger partial charge in [-0.2, -0.15) is 0 Å². The first-order valence-corrected chi connectivity index (χ1v) is 6.19. The minimum absolute atomic E-state index is 0.0462. The molecule has 0 unspecified atom stereocenters. The fourth-order valence-corrected chi connectivity index (χ4v) is 1.98. The number of nitrogens with zero attached hydrogens (tertiary/aromatic N) is 2. The molecular formula is C14H14N2O3. The molecule has 5 heteroatoms. The number of aromatic nitrogens is 2. The zero-order valence-electron chi connectivity index (χ0n) is 10.4. The molecule has 0 atom stereocenters. The highest BCUT2D eigenvalue weighted by Gasteiger charge is 2.13. The van der Waals surface area contributed by atoms with Crippen molar-refractivity contribution in [3.05, 3.63) is 36.3 Å². The molecule has 0 fully saturated rings. The highest BCUT2D eigenvalue weighted by atomic mass is 16.6. The molecule has 1 aliphatic rings. The fourth-order valence-electron chi connectivity index (χ4n) is 1.98. The van der Waals surface area contributed by atoms with Crippen LogP contribution >= 0.6 is 0 Å². The zero-order chi connectivity index (χ0) is 13.1. The summed E-state index contributed by atoms with van der Waals surface area (Å²) < 4.78 is 11.0. The number of aliphatic hydroxyl groups is 1. The van der Waals surface area contributed by atoms with Crippen LogP contribution in [0.3, 0.4) is 0 Å². The van der Waals surface area contributed by atoms with Crippen LogP contribution in [0.5, 0.6) is 11.5 Å². The minimum Gasteiger partial charge on any atom is -0.486 e. The van der Waals surface area contributed by atoms with Gasteiger partial charge < -0.3 is 14.6 Å². The number of aliphatic hydroxyl groups excluding tert-OH is 1. The summed E-state index contributed by atoms with van der Waals surface area (Å²) in [4.78, 5) is 8.53. The predicted molar refractivity (Wildman–Crippen MR) is 69.2 cm³/mol. The third-order valence-corrected chi connectivity index (χ3v) is 2.88. The molecule has 3 rings (SSSR count). The molecule has 0 bridgehead atoms. The van der Waals surface area contributed by atoms with Gasteiger partial charge in [-0.1, -0.05) is 0 Å². The molecule has 1 aromatic carbocycles. The molecule has 1 N–H and O–H groups in total. The summed E-state index contributed by atoms with van der Waals surface area (Å²) in [5.74, 6) is 2.14. The van der Waals surface area contributed by atoms with Gasteiger partial charge in [0.25, 0.3) is 0 Å². The van der Waals surface area contributed by atoms with Crippen LogP contribution in [-0.2, 0) is 6.42 Å². The van der Waals surface area contributed by atoms with Gasteiger partial charge in [0.05, 0.1) is 12.3 Å². The van der Waals surface area contributed by atoms with Crippen molar-refractivity contribution >= 4 is 0 Å². The highest BCUT2D eigenvalue weighted by Crippen LogP contribution is 2.33. The Balaban J connectivity index is 1.95. The third kappa shape index (κ3) is 2.51. The molecule has 5 nitrogen and oxygen atoms in total. The molecule has 2 heterocycles. The van der Waals surface area contributed by atoms with Gasteiger partial charge in [-0.05, 0) is 24.3 Å². The van der Waals surface area contributed by atoms with E-state index >= 15 is 0 Å². The number of hydrogen-bond acceptors (Lipinski definition) is 5. The van der Waals surface area contributed by atoms with Gasteiger partial charge in [0.1, 0.15) is 19.0 Å². The van der Waals surface area contributed by atoms with Crippen LogP contribution in [0.1, 0.15) is 5.82 Å². The Labute approximate surface area is 110 Å². The quantitative estimate of drug-likeness (QED) is 0.902. The van der Waals surface area contributed by atoms with Gasteiger partial charge in [0.2, 0.25) is 0 Å². The molecule has 19 heavy (non-hydrogen) atoms. The average Bonchev–Trinajstić information content (AvgIpc) is 2.47. The molecule has 0 aliphatic carbocycles. The molecular weight excluding hydrogens is 244 g/mol. The predicted octanol–water partition coefficient (Wildman–Crippen LogP) is 1.45. The summed E-state index contributed by atoms with van der Waals surface area (Å²) in [5.41, 5.74) is 1.77. The standard InChI is InChI=1S/C14H14N2O3/c17-6-4-14-15-5-3-11(16-14)10-1-2-12-13(9-10)19-8-7-18-12/h1-3,5,9,17H,4,6-8H2. The molecule has 1 aliphatic heterocycles. The Hall–Kier alpha value is -2.14. The van der Waals surface area contributed by atoms with Crippen LogP contribution in [0.4, 0.5) is 0 Å². The van der Waals surface area contributed by atoms with E-state index in [4.69, 9.17) is 14.6 Å². The van der Waals surface area contributed by atoms with Gasteiger partial charge in [0.15, 0.2) is 11.5 Å². The van der Waals surface area contributed by atoms with Crippen LogP contribution in [-0.4, -0.2) is 34.9 Å². The van der Waals surface area contributed by atoms with E-state index in [-0.39, 0.29) is 6.61 Å². The molecule has 0 spiro atoms. The first-order chi connectivity index (χ1) is 9.36. The van der Waals surface area contributed by atoms with Crippen molar-refractivity contribution in [2.75, 3.05) is 19.8 Å². The van der Waals surface area contributed by atoms with E-state index in [2.05, 4.69) is 9.97 Å². The normalized spacial score (nSPS) is 13.3. The molecule has 0 saturated heterocycles. The smallest absolute Gasteiger partial charge is 0.162 e. The van der Waals surface area contributed by atoms with Crippen molar-refractivity contribution in [1.82, 2.24) is 9.97 Å². The molecule has 0 radical (unpaired) electrons. The molecule has 2 aromatic rings. The van der Waals surface area contributed by atoms with E-state index in [0.717, 1.165) is 22.8 Å². The minimum atomic E-state index is 0.0462. The zero-order valence-corrected chi connectivity index (χ0v) is 10.4.